The second-order valence-corrected chi connectivity index (χ2v) is 9.08. The SMILES string of the molecule is Cc1cc(C(=O)NCCc2ccccc2)nc(N(C)C2CCS(=O)(=O)C2)n1. The van der Waals surface area contributed by atoms with E-state index >= 15 is 0 Å². The molecule has 0 radical (unpaired) electrons. The van der Waals surface area contributed by atoms with Gasteiger partial charge in [-0.25, -0.2) is 18.4 Å². The first-order chi connectivity index (χ1) is 12.8. The first kappa shape index (κ1) is 19.3. The molecule has 1 saturated heterocycles. The fraction of sp³-hybridized carbons (Fsp3) is 0.421. The first-order valence-electron chi connectivity index (χ1n) is 8.95. The van der Waals surface area contributed by atoms with Gasteiger partial charge in [0.2, 0.25) is 5.95 Å². The second kappa shape index (κ2) is 8.04. The van der Waals surface area contributed by atoms with Crippen molar-refractivity contribution in [2.45, 2.75) is 25.8 Å². The largest absolute Gasteiger partial charge is 0.350 e. The number of hydrogen-bond donors (Lipinski definition) is 1. The zero-order valence-corrected chi connectivity index (χ0v) is 16.4. The lowest BCUT2D eigenvalue weighted by atomic mass is 10.1. The molecule has 0 saturated carbocycles. The molecule has 1 aromatic heterocycles. The van der Waals surface area contributed by atoms with Crippen LogP contribution in [-0.4, -0.2) is 55.4 Å². The van der Waals surface area contributed by atoms with E-state index in [0.717, 1.165) is 12.0 Å². The smallest absolute Gasteiger partial charge is 0.270 e. The van der Waals surface area contributed by atoms with Crippen molar-refractivity contribution in [3.05, 3.63) is 53.3 Å². The molecule has 1 amide bonds. The number of aromatic nitrogens is 2. The summed E-state index contributed by atoms with van der Waals surface area (Å²) in [5, 5.41) is 2.88. The van der Waals surface area contributed by atoms with E-state index in [2.05, 4.69) is 15.3 Å². The minimum atomic E-state index is -3.00. The summed E-state index contributed by atoms with van der Waals surface area (Å²) in [5.41, 5.74) is 2.11. The lowest BCUT2D eigenvalue weighted by Gasteiger charge is -2.23. The van der Waals surface area contributed by atoms with Crippen LogP contribution in [-0.2, 0) is 16.3 Å². The van der Waals surface area contributed by atoms with E-state index < -0.39 is 9.84 Å². The van der Waals surface area contributed by atoms with E-state index in [1.807, 2.05) is 30.3 Å². The molecule has 3 rings (SSSR count). The van der Waals surface area contributed by atoms with Crippen LogP contribution in [0.4, 0.5) is 5.95 Å². The van der Waals surface area contributed by atoms with Crippen molar-refractivity contribution in [3.8, 4) is 0 Å². The molecule has 0 bridgehead atoms. The van der Waals surface area contributed by atoms with Crippen molar-refractivity contribution in [2.75, 3.05) is 30.0 Å². The lowest BCUT2D eigenvalue weighted by Crippen LogP contribution is -2.35. The van der Waals surface area contributed by atoms with Crippen molar-refractivity contribution in [1.82, 2.24) is 15.3 Å². The van der Waals surface area contributed by atoms with E-state index in [9.17, 15) is 13.2 Å². The van der Waals surface area contributed by atoms with Gasteiger partial charge in [0.15, 0.2) is 9.84 Å². The maximum absolute atomic E-state index is 12.5. The fourth-order valence-electron chi connectivity index (χ4n) is 3.13. The summed E-state index contributed by atoms with van der Waals surface area (Å²) < 4.78 is 23.4. The molecule has 2 heterocycles. The Labute approximate surface area is 159 Å². The maximum atomic E-state index is 12.5. The minimum absolute atomic E-state index is 0.0966. The number of hydrogen-bond acceptors (Lipinski definition) is 6. The van der Waals surface area contributed by atoms with Crippen molar-refractivity contribution < 1.29 is 13.2 Å². The van der Waals surface area contributed by atoms with Crippen LogP contribution in [0.25, 0.3) is 0 Å². The predicted octanol–water partition coefficient (Wildman–Crippen LogP) is 1.38. The van der Waals surface area contributed by atoms with Crippen LogP contribution in [0.15, 0.2) is 36.4 Å². The van der Waals surface area contributed by atoms with Gasteiger partial charge in [0.25, 0.3) is 5.91 Å². The van der Waals surface area contributed by atoms with Crippen LogP contribution in [0, 0.1) is 6.92 Å². The fourth-order valence-corrected chi connectivity index (χ4v) is 4.90. The van der Waals surface area contributed by atoms with Crippen LogP contribution in [0.1, 0.15) is 28.2 Å². The summed E-state index contributed by atoms with van der Waals surface area (Å²) in [4.78, 5) is 23.0. The number of amides is 1. The summed E-state index contributed by atoms with van der Waals surface area (Å²) in [6, 6.07) is 11.4. The normalized spacial score (nSPS) is 18.2. The molecule has 1 aromatic carbocycles. The van der Waals surface area contributed by atoms with Crippen molar-refractivity contribution in [3.63, 3.8) is 0 Å². The molecule has 27 heavy (non-hydrogen) atoms. The standard InChI is InChI=1S/C19H24N4O3S/c1-14-12-17(18(24)20-10-8-15-6-4-3-5-7-15)22-19(21-14)23(2)16-9-11-27(25,26)13-16/h3-7,12,16H,8-11,13H2,1-2H3,(H,20,24). The molecule has 1 N–H and O–H groups in total. The van der Waals surface area contributed by atoms with Gasteiger partial charge in [-0.15, -0.1) is 0 Å². The van der Waals surface area contributed by atoms with Crippen LogP contribution in [0.2, 0.25) is 0 Å². The molecule has 1 aliphatic rings. The highest BCUT2D eigenvalue weighted by Crippen LogP contribution is 2.20. The van der Waals surface area contributed by atoms with Gasteiger partial charge >= 0.3 is 0 Å². The second-order valence-electron chi connectivity index (χ2n) is 6.85. The number of nitrogens with zero attached hydrogens (tertiary/aromatic N) is 3. The number of sulfone groups is 1. The van der Waals surface area contributed by atoms with Crippen LogP contribution in [0.5, 0.6) is 0 Å². The van der Waals surface area contributed by atoms with Gasteiger partial charge in [-0.3, -0.25) is 4.79 Å². The highest BCUT2D eigenvalue weighted by molar-refractivity contribution is 7.91. The van der Waals surface area contributed by atoms with Crippen LogP contribution in [0.3, 0.4) is 0 Å². The topological polar surface area (TPSA) is 92.3 Å². The Kier molecular flexibility index (Phi) is 5.74. The average Bonchev–Trinajstić information content (AvgIpc) is 3.01. The van der Waals surface area contributed by atoms with Crippen molar-refractivity contribution >= 4 is 21.7 Å². The summed E-state index contributed by atoms with van der Waals surface area (Å²) in [7, 11) is -1.22. The number of anilines is 1. The summed E-state index contributed by atoms with van der Waals surface area (Å²) >= 11 is 0. The third kappa shape index (κ3) is 5.03. The number of aryl methyl sites for hydroxylation is 1. The van der Waals surface area contributed by atoms with Gasteiger partial charge in [-0.2, -0.15) is 0 Å². The number of benzene rings is 1. The van der Waals surface area contributed by atoms with Crippen LogP contribution < -0.4 is 10.2 Å². The summed E-state index contributed by atoms with van der Waals surface area (Å²) in [5.74, 6) is 0.399. The van der Waals surface area contributed by atoms with Gasteiger partial charge in [0.1, 0.15) is 5.69 Å². The molecule has 7 nitrogen and oxygen atoms in total. The van der Waals surface area contributed by atoms with Crippen LogP contribution >= 0.6 is 0 Å². The number of carbonyl (C=O) groups is 1. The van der Waals surface area contributed by atoms with E-state index in [-0.39, 0.29) is 23.5 Å². The highest BCUT2D eigenvalue weighted by Gasteiger charge is 2.32. The zero-order chi connectivity index (χ0) is 19.4. The first-order valence-corrected chi connectivity index (χ1v) is 10.8. The molecule has 144 valence electrons. The van der Waals surface area contributed by atoms with Gasteiger partial charge in [-0.05, 0) is 31.4 Å². The Balaban J connectivity index is 1.66. The molecule has 1 fully saturated rings. The summed E-state index contributed by atoms with van der Waals surface area (Å²) in [6.45, 7) is 2.31. The number of nitrogens with one attached hydrogen (secondary N) is 1. The molecule has 0 spiro atoms. The van der Waals surface area contributed by atoms with Gasteiger partial charge < -0.3 is 10.2 Å². The minimum Gasteiger partial charge on any atom is -0.350 e. The maximum Gasteiger partial charge on any atom is 0.270 e. The van der Waals surface area contributed by atoms with Gasteiger partial charge in [0.05, 0.1) is 11.5 Å². The molecular formula is C19H24N4O3S. The number of carbonyl (C=O) groups excluding carboxylic acids is 1. The number of rotatable bonds is 6. The molecule has 1 unspecified atom stereocenters. The highest BCUT2D eigenvalue weighted by atomic mass is 32.2. The molecule has 8 heteroatoms. The molecule has 1 aliphatic heterocycles. The Morgan fingerprint density at radius 3 is 2.67 bits per heavy atom. The lowest BCUT2D eigenvalue weighted by molar-refractivity contribution is 0.0949. The Bertz CT molecular complexity index is 916. The Morgan fingerprint density at radius 1 is 1.26 bits per heavy atom. The van der Waals surface area contributed by atoms with E-state index in [1.54, 1.807) is 24.9 Å². The van der Waals surface area contributed by atoms with Crippen molar-refractivity contribution in [1.29, 1.82) is 0 Å². The zero-order valence-electron chi connectivity index (χ0n) is 15.6. The molecule has 0 aliphatic carbocycles. The Morgan fingerprint density at radius 2 is 2.00 bits per heavy atom. The van der Waals surface area contributed by atoms with E-state index in [0.29, 0.717) is 30.3 Å². The summed E-state index contributed by atoms with van der Waals surface area (Å²) in [6.07, 6.45) is 1.29. The van der Waals surface area contributed by atoms with E-state index in [1.165, 1.54) is 0 Å². The quantitative estimate of drug-likeness (QED) is 0.804. The van der Waals surface area contributed by atoms with E-state index in [4.69, 9.17) is 0 Å². The van der Waals surface area contributed by atoms with Crippen molar-refractivity contribution in [2.24, 2.45) is 0 Å². The van der Waals surface area contributed by atoms with Gasteiger partial charge in [0, 0.05) is 25.3 Å². The molecule has 2 aromatic rings. The molecular weight excluding hydrogens is 364 g/mol. The van der Waals surface area contributed by atoms with Gasteiger partial charge in [-0.1, -0.05) is 30.3 Å². The third-order valence-corrected chi connectivity index (χ3v) is 6.44. The monoisotopic (exact) mass is 388 g/mol. The Hall–Kier alpha value is -2.48. The molecule has 1 atom stereocenters. The average molecular weight is 388 g/mol. The predicted molar refractivity (Wildman–Crippen MR) is 105 cm³/mol. The third-order valence-electron chi connectivity index (χ3n) is 4.69.